The Morgan fingerprint density at radius 2 is 1.65 bits per heavy atom. The predicted octanol–water partition coefficient (Wildman–Crippen LogP) is 1.36. The second kappa shape index (κ2) is 12.1. The van der Waals surface area contributed by atoms with Gasteiger partial charge in [0, 0.05) is 13.0 Å². The Morgan fingerprint density at radius 3 is 2.26 bits per heavy atom. The lowest BCUT2D eigenvalue weighted by Crippen LogP contribution is -2.33. The highest BCUT2D eigenvalue weighted by Gasteiger charge is 2.31. The monoisotopic (exact) mass is 449 g/mol. The van der Waals surface area contributed by atoms with E-state index < -0.39 is 18.2 Å². The number of carbonyl (C=O) groups is 2. The molecule has 0 atom stereocenters. The number of amidine groups is 1. The van der Waals surface area contributed by atoms with Crippen LogP contribution < -0.4 is 15.1 Å². The molecule has 0 bridgehead atoms. The van der Waals surface area contributed by atoms with E-state index in [2.05, 4.69) is 15.2 Å². The Morgan fingerprint density at radius 1 is 1.03 bits per heavy atom. The van der Waals surface area contributed by atoms with E-state index in [1.807, 2.05) is 0 Å². The van der Waals surface area contributed by atoms with Crippen molar-refractivity contribution in [1.82, 2.24) is 5.32 Å². The molecule has 2 rings (SSSR count). The minimum absolute atomic E-state index is 0.140. The van der Waals surface area contributed by atoms with Crippen LogP contribution in [-0.4, -0.2) is 75.4 Å². The number of benzene rings is 1. The van der Waals surface area contributed by atoms with Crippen LogP contribution in [0.3, 0.4) is 0 Å². The van der Waals surface area contributed by atoms with Crippen LogP contribution in [0, 0.1) is 0 Å². The molecule has 0 fully saturated rings. The predicted molar refractivity (Wildman–Crippen MR) is 101 cm³/mol. The second-order valence-electron chi connectivity index (χ2n) is 6.12. The molecule has 0 saturated heterocycles. The molecule has 0 radical (unpaired) electrons. The number of hydrogen-bond donors (Lipinski definition) is 2. The third kappa shape index (κ3) is 10.1. The van der Waals surface area contributed by atoms with E-state index in [-0.39, 0.29) is 45.4 Å². The summed E-state index contributed by atoms with van der Waals surface area (Å²) in [6, 6.07) is 5.24. The van der Waals surface area contributed by atoms with E-state index in [4.69, 9.17) is 19.3 Å². The quantitative estimate of drug-likeness (QED) is 0.459. The molecule has 0 aromatic heterocycles. The molecular formula is C18H22F3N3O7. The molecule has 0 spiro atoms. The van der Waals surface area contributed by atoms with Crippen molar-refractivity contribution in [2.45, 2.75) is 12.8 Å². The van der Waals surface area contributed by atoms with Crippen molar-refractivity contribution >= 4 is 23.4 Å². The molecule has 31 heavy (non-hydrogen) atoms. The van der Waals surface area contributed by atoms with Gasteiger partial charge in [0.1, 0.15) is 24.8 Å². The van der Waals surface area contributed by atoms with Crippen molar-refractivity contribution in [1.29, 1.82) is 0 Å². The summed E-state index contributed by atoms with van der Waals surface area (Å²) in [6.45, 7) is 0.581. The molecule has 1 heterocycles. The molecule has 1 aliphatic heterocycles. The minimum atomic E-state index is -4.75. The number of halogens is 3. The number of alkyl halides is 3. The molecule has 10 nitrogen and oxygen atoms in total. The molecule has 1 aliphatic rings. The van der Waals surface area contributed by atoms with Crippen LogP contribution >= 0.6 is 0 Å². The number of ether oxygens (including phenoxy) is 4. The summed E-state index contributed by atoms with van der Waals surface area (Å²) < 4.78 is 55.5. The van der Waals surface area contributed by atoms with Gasteiger partial charge in [-0.1, -0.05) is 0 Å². The van der Waals surface area contributed by atoms with Gasteiger partial charge in [0.2, 0.25) is 0 Å². The van der Waals surface area contributed by atoms with Crippen LogP contribution in [0.1, 0.15) is 6.42 Å². The van der Waals surface area contributed by atoms with Crippen LogP contribution in [0.25, 0.3) is 0 Å². The first kappa shape index (κ1) is 24.4. The van der Waals surface area contributed by atoms with Crippen molar-refractivity contribution in [3.63, 3.8) is 0 Å². The average Bonchev–Trinajstić information content (AvgIpc) is 3.14. The van der Waals surface area contributed by atoms with Crippen molar-refractivity contribution in [3.05, 3.63) is 24.3 Å². The number of carboxylic acids is 1. The number of aliphatic carboxylic acids is 1. The van der Waals surface area contributed by atoms with E-state index in [1.165, 1.54) is 24.3 Å². The van der Waals surface area contributed by atoms with Crippen LogP contribution in [-0.2, 0) is 23.8 Å². The number of rotatable bonds is 12. The number of amides is 1. The molecule has 2 N–H and O–H groups in total. The lowest BCUT2D eigenvalue weighted by Gasteiger charge is -2.14. The fraction of sp³-hybridized carbons (Fsp3) is 0.500. The molecule has 0 aliphatic carbocycles. The van der Waals surface area contributed by atoms with Crippen LogP contribution in [0.4, 0.5) is 18.9 Å². The zero-order valence-corrected chi connectivity index (χ0v) is 16.4. The summed E-state index contributed by atoms with van der Waals surface area (Å²) in [7, 11) is 0. The molecule has 1 amide bonds. The topological polar surface area (TPSA) is 119 Å². The van der Waals surface area contributed by atoms with Crippen LogP contribution in [0.5, 0.6) is 5.75 Å². The number of anilines is 1. The fourth-order valence-electron chi connectivity index (χ4n) is 2.41. The van der Waals surface area contributed by atoms with Gasteiger partial charge in [0.05, 0.1) is 32.1 Å². The first-order chi connectivity index (χ1) is 14.7. The highest BCUT2D eigenvalue weighted by Crippen LogP contribution is 2.26. The molecule has 13 heteroatoms. The summed E-state index contributed by atoms with van der Waals surface area (Å²) >= 11 is 0. The third-order valence-corrected chi connectivity index (χ3v) is 3.66. The Bertz CT molecular complexity index is 757. The number of hydrogen-bond acceptors (Lipinski definition) is 8. The van der Waals surface area contributed by atoms with Gasteiger partial charge in [-0.2, -0.15) is 5.10 Å². The average molecular weight is 449 g/mol. The summed E-state index contributed by atoms with van der Waals surface area (Å²) in [5.74, 6) is -1.38. The maximum atomic E-state index is 12.2. The highest BCUT2D eigenvalue weighted by atomic mass is 19.4. The van der Waals surface area contributed by atoms with Crippen molar-refractivity contribution in [2.24, 2.45) is 5.10 Å². The van der Waals surface area contributed by atoms with E-state index in [1.54, 1.807) is 5.01 Å². The van der Waals surface area contributed by atoms with Crippen LogP contribution in [0.2, 0.25) is 0 Å². The molecule has 0 saturated carbocycles. The number of carbonyl (C=O) groups excluding carboxylic acids is 1. The van der Waals surface area contributed by atoms with Crippen molar-refractivity contribution < 1.29 is 46.8 Å². The Hall–Kier alpha value is -2.90. The van der Waals surface area contributed by atoms with Crippen LogP contribution in [0.15, 0.2) is 29.4 Å². The summed E-state index contributed by atoms with van der Waals surface area (Å²) in [5.41, 5.74) is 0.555. The Balaban J connectivity index is 1.62. The normalized spacial score (nSPS) is 13.8. The van der Waals surface area contributed by atoms with Gasteiger partial charge in [-0.25, -0.2) is 4.79 Å². The molecule has 1 aromatic carbocycles. The fourth-order valence-corrected chi connectivity index (χ4v) is 2.41. The summed E-state index contributed by atoms with van der Waals surface area (Å²) in [5, 5.41) is 16.8. The van der Waals surface area contributed by atoms with Crippen molar-refractivity contribution in [2.75, 3.05) is 51.2 Å². The number of nitrogens with one attached hydrogen (secondary N) is 1. The molecular weight excluding hydrogens is 427 g/mol. The zero-order valence-electron chi connectivity index (χ0n) is 16.4. The van der Waals surface area contributed by atoms with Gasteiger partial charge in [0.15, 0.2) is 0 Å². The largest absolute Gasteiger partial charge is 0.573 e. The van der Waals surface area contributed by atoms with Gasteiger partial charge < -0.3 is 29.4 Å². The maximum Gasteiger partial charge on any atom is 0.573 e. The summed E-state index contributed by atoms with van der Waals surface area (Å²) in [6.07, 6.45) is -4.30. The van der Waals surface area contributed by atoms with Crippen molar-refractivity contribution in [3.8, 4) is 5.75 Å². The van der Waals surface area contributed by atoms with E-state index in [0.29, 0.717) is 24.5 Å². The number of hydrazone groups is 1. The maximum absolute atomic E-state index is 12.2. The third-order valence-electron chi connectivity index (χ3n) is 3.66. The second-order valence-corrected chi connectivity index (χ2v) is 6.12. The molecule has 1 aromatic rings. The van der Waals surface area contributed by atoms with E-state index >= 15 is 0 Å². The Kier molecular flexibility index (Phi) is 9.49. The number of carboxylic acid groups (broad SMARTS) is 1. The smallest absolute Gasteiger partial charge is 0.480 e. The lowest BCUT2D eigenvalue weighted by molar-refractivity contribution is -0.274. The lowest BCUT2D eigenvalue weighted by atomic mass is 10.3. The Labute approximate surface area is 175 Å². The first-order valence-electron chi connectivity index (χ1n) is 9.18. The van der Waals surface area contributed by atoms with Gasteiger partial charge in [0.25, 0.3) is 5.91 Å². The van der Waals surface area contributed by atoms with E-state index in [0.717, 1.165) is 0 Å². The molecule has 172 valence electrons. The highest BCUT2D eigenvalue weighted by molar-refractivity contribution is 6.00. The van der Waals surface area contributed by atoms with Gasteiger partial charge in [-0.05, 0) is 24.3 Å². The zero-order chi connectivity index (χ0) is 22.7. The summed E-state index contributed by atoms with van der Waals surface area (Å²) in [4.78, 5) is 22.1. The number of nitrogens with zero attached hydrogens (tertiary/aromatic N) is 2. The van der Waals surface area contributed by atoms with Gasteiger partial charge in [-0.3, -0.25) is 9.80 Å². The van der Waals surface area contributed by atoms with E-state index in [9.17, 15) is 22.8 Å². The minimum Gasteiger partial charge on any atom is -0.480 e. The SMILES string of the molecule is O=C(O)COCCOCCOCC(=O)NC1=NN(c2ccc(OC(F)(F)F)cc2)CC1. The standard InChI is InChI=1S/C18H22F3N3O7/c19-18(20,21)31-14-3-1-13(2-4-14)24-6-5-15(23-24)22-16(25)11-29-9-7-28-8-10-30-12-17(26)27/h1-4H,5-12H2,(H,26,27)(H,22,23,25). The first-order valence-corrected chi connectivity index (χ1v) is 9.18. The molecule has 0 unspecified atom stereocenters. The van der Waals surface area contributed by atoms with Gasteiger partial charge in [-0.15, -0.1) is 13.2 Å². The van der Waals surface area contributed by atoms with Gasteiger partial charge >= 0.3 is 12.3 Å².